The average Bonchev–Trinajstić information content (AvgIpc) is 3.26. The van der Waals surface area contributed by atoms with Crippen LogP contribution in [0.4, 0.5) is 0 Å². The van der Waals surface area contributed by atoms with Crippen LogP contribution in [-0.2, 0) is 19.5 Å². The van der Waals surface area contributed by atoms with E-state index in [-0.39, 0.29) is 12.5 Å². The van der Waals surface area contributed by atoms with Crippen molar-refractivity contribution in [1.29, 1.82) is 0 Å². The number of rotatable bonds is 8. The molecule has 1 N–H and O–H groups in total. The Hall–Kier alpha value is -2.99. The molecule has 0 atom stereocenters. The topological polar surface area (TPSA) is 71.3 Å². The summed E-state index contributed by atoms with van der Waals surface area (Å²) in [6.07, 6.45) is 4.83. The summed E-state index contributed by atoms with van der Waals surface area (Å²) in [7, 11) is 0. The molecule has 3 aromatic rings. The summed E-state index contributed by atoms with van der Waals surface area (Å²) in [4.78, 5) is 18.9. The Kier molecular flexibility index (Phi) is 7.10. The lowest BCUT2D eigenvalue weighted by molar-refractivity contribution is 0.0949. The largest absolute Gasteiger partial charge is 0.345 e. The van der Waals surface area contributed by atoms with Crippen molar-refractivity contribution in [3.8, 4) is 0 Å². The van der Waals surface area contributed by atoms with Gasteiger partial charge in [-0.15, -0.1) is 0 Å². The van der Waals surface area contributed by atoms with Crippen LogP contribution in [0.5, 0.6) is 0 Å². The minimum atomic E-state index is -0.139. The van der Waals surface area contributed by atoms with Crippen molar-refractivity contribution in [3.63, 3.8) is 0 Å². The molecule has 4 rings (SSSR count). The first-order valence-electron chi connectivity index (χ1n) is 11.1. The smallest absolute Gasteiger partial charge is 0.251 e. The van der Waals surface area contributed by atoms with Crippen molar-refractivity contribution in [2.24, 2.45) is 5.92 Å². The lowest BCUT2D eigenvalue weighted by Crippen LogP contribution is -2.33. The van der Waals surface area contributed by atoms with Crippen LogP contribution < -0.4 is 5.32 Å². The van der Waals surface area contributed by atoms with Crippen molar-refractivity contribution in [2.45, 2.75) is 45.7 Å². The maximum atomic E-state index is 12.1. The normalized spacial score (nSPS) is 15.1. The molecule has 6 nitrogen and oxygen atoms in total. The number of amides is 1. The van der Waals surface area contributed by atoms with Gasteiger partial charge >= 0.3 is 0 Å². The molecule has 0 aliphatic carbocycles. The monoisotopic (exact) mass is 418 g/mol. The second-order valence-electron chi connectivity index (χ2n) is 8.40. The summed E-state index contributed by atoms with van der Waals surface area (Å²) < 4.78 is 5.39. The number of aryl methyl sites for hydroxylation is 2. The molecular weight excluding hydrogens is 388 g/mol. The quantitative estimate of drug-likeness (QED) is 0.595. The van der Waals surface area contributed by atoms with E-state index in [1.807, 2.05) is 18.2 Å². The van der Waals surface area contributed by atoms with E-state index < -0.39 is 0 Å². The van der Waals surface area contributed by atoms with E-state index in [4.69, 9.17) is 4.52 Å². The second-order valence-corrected chi connectivity index (χ2v) is 8.40. The predicted molar refractivity (Wildman–Crippen MR) is 119 cm³/mol. The zero-order valence-electron chi connectivity index (χ0n) is 18.1. The first kappa shape index (κ1) is 21.2. The van der Waals surface area contributed by atoms with Gasteiger partial charge in [-0.3, -0.25) is 9.69 Å². The maximum absolute atomic E-state index is 12.1. The highest BCUT2D eigenvalue weighted by Crippen LogP contribution is 2.23. The number of nitrogens with one attached hydrogen (secondary N) is 1. The van der Waals surface area contributed by atoms with Crippen LogP contribution in [0.1, 0.15) is 52.5 Å². The summed E-state index contributed by atoms with van der Waals surface area (Å²) in [6.45, 7) is 5.18. The van der Waals surface area contributed by atoms with Crippen LogP contribution in [0.25, 0.3) is 0 Å². The zero-order valence-corrected chi connectivity index (χ0v) is 18.1. The van der Waals surface area contributed by atoms with Gasteiger partial charge in [0, 0.05) is 5.56 Å². The number of piperidine rings is 1. The predicted octanol–water partition coefficient (Wildman–Crippen LogP) is 4.15. The fourth-order valence-corrected chi connectivity index (χ4v) is 4.03. The van der Waals surface area contributed by atoms with Crippen LogP contribution >= 0.6 is 0 Å². The van der Waals surface area contributed by atoms with Crippen LogP contribution in [0.3, 0.4) is 0 Å². The van der Waals surface area contributed by atoms with Gasteiger partial charge in [0.05, 0.1) is 13.1 Å². The van der Waals surface area contributed by atoms with Crippen molar-refractivity contribution >= 4 is 5.91 Å². The number of benzene rings is 2. The number of hydrogen-bond donors (Lipinski definition) is 1. The number of hydrogen-bond acceptors (Lipinski definition) is 5. The Morgan fingerprint density at radius 1 is 1.10 bits per heavy atom. The second kappa shape index (κ2) is 10.4. The first-order chi connectivity index (χ1) is 15.2. The standard InChI is InChI=1S/C25H30N4O2/c1-19-7-9-20(10-8-19)11-12-21-13-15-29(16-14-21)18-24-27-23(28-31-24)17-26-25(30)22-5-3-2-4-6-22/h2-10,21H,11-18H2,1H3,(H,26,30). The minimum Gasteiger partial charge on any atom is -0.345 e. The molecule has 2 heterocycles. The maximum Gasteiger partial charge on any atom is 0.251 e. The molecule has 162 valence electrons. The van der Waals surface area contributed by atoms with E-state index in [0.717, 1.165) is 25.4 Å². The SMILES string of the molecule is Cc1ccc(CCC2CCN(Cc3nc(CNC(=O)c4ccccc4)no3)CC2)cc1. The van der Waals surface area contributed by atoms with Crippen LogP contribution in [-0.4, -0.2) is 34.0 Å². The number of carbonyl (C=O) groups is 1. The molecule has 1 aliphatic rings. The van der Waals surface area contributed by atoms with E-state index in [0.29, 0.717) is 23.8 Å². The lowest BCUT2D eigenvalue weighted by Gasteiger charge is -2.30. The van der Waals surface area contributed by atoms with E-state index in [9.17, 15) is 4.79 Å². The molecule has 0 unspecified atom stereocenters. The molecule has 1 aliphatic heterocycles. The van der Waals surface area contributed by atoms with Gasteiger partial charge in [-0.25, -0.2) is 0 Å². The molecule has 1 aromatic heterocycles. The van der Waals surface area contributed by atoms with Gasteiger partial charge in [0.1, 0.15) is 0 Å². The molecule has 0 radical (unpaired) electrons. The third-order valence-electron chi connectivity index (χ3n) is 5.98. The van der Waals surface area contributed by atoms with Gasteiger partial charge in [0.25, 0.3) is 5.91 Å². The van der Waals surface area contributed by atoms with Gasteiger partial charge in [0.2, 0.25) is 5.89 Å². The Labute approximate surface area is 183 Å². The Morgan fingerprint density at radius 3 is 2.58 bits per heavy atom. The van der Waals surface area contributed by atoms with Gasteiger partial charge < -0.3 is 9.84 Å². The van der Waals surface area contributed by atoms with Crippen LogP contribution in [0.15, 0.2) is 59.1 Å². The molecule has 0 spiro atoms. The molecule has 1 amide bonds. The molecule has 0 bridgehead atoms. The van der Waals surface area contributed by atoms with Gasteiger partial charge in [-0.1, -0.05) is 53.2 Å². The van der Waals surface area contributed by atoms with E-state index in [1.54, 1.807) is 12.1 Å². The average molecular weight is 419 g/mol. The summed E-state index contributed by atoms with van der Waals surface area (Å²) in [5.74, 6) is 1.76. The van der Waals surface area contributed by atoms with Crippen molar-refractivity contribution in [3.05, 3.63) is 83.0 Å². The fraction of sp³-hybridized carbons (Fsp3) is 0.400. The van der Waals surface area contributed by atoms with E-state index in [1.165, 1.54) is 30.4 Å². The molecule has 0 saturated carbocycles. The highest BCUT2D eigenvalue weighted by molar-refractivity contribution is 5.93. The highest BCUT2D eigenvalue weighted by atomic mass is 16.5. The summed E-state index contributed by atoms with van der Waals surface area (Å²) in [5, 5.41) is 6.83. The first-order valence-corrected chi connectivity index (χ1v) is 11.1. The van der Waals surface area contributed by atoms with Gasteiger partial charge in [0.15, 0.2) is 5.82 Å². The molecule has 6 heteroatoms. The Bertz CT molecular complexity index is 961. The summed E-state index contributed by atoms with van der Waals surface area (Å²) >= 11 is 0. The van der Waals surface area contributed by atoms with E-state index in [2.05, 4.69) is 51.5 Å². The Morgan fingerprint density at radius 2 is 1.84 bits per heavy atom. The number of aromatic nitrogens is 2. The molecule has 1 saturated heterocycles. The third-order valence-corrected chi connectivity index (χ3v) is 5.98. The highest BCUT2D eigenvalue weighted by Gasteiger charge is 2.21. The van der Waals surface area contributed by atoms with Crippen molar-refractivity contribution in [1.82, 2.24) is 20.4 Å². The third kappa shape index (κ3) is 6.25. The summed E-state index contributed by atoms with van der Waals surface area (Å²) in [6, 6.07) is 18.0. The molecule has 1 fully saturated rings. The number of likely N-dealkylation sites (tertiary alicyclic amines) is 1. The minimum absolute atomic E-state index is 0.139. The van der Waals surface area contributed by atoms with E-state index >= 15 is 0 Å². The lowest BCUT2D eigenvalue weighted by atomic mass is 9.90. The number of carbonyl (C=O) groups excluding carboxylic acids is 1. The van der Waals surface area contributed by atoms with Gasteiger partial charge in [-0.2, -0.15) is 4.98 Å². The van der Waals surface area contributed by atoms with Crippen molar-refractivity contribution < 1.29 is 9.32 Å². The van der Waals surface area contributed by atoms with Crippen molar-refractivity contribution in [2.75, 3.05) is 13.1 Å². The van der Waals surface area contributed by atoms with Crippen LogP contribution in [0.2, 0.25) is 0 Å². The fourth-order valence-electron chi connectivity index (χ4n) is 4.03. The van der Waals surface area contributed by atoms with Crippen LogP contribution in [0, 0.1) is 12.8 Å². The Balaban J connectivity index is 1.17. The summed E-state index contributed by atoms with van der Waals surface area (Å²) in [5.41, 5.74) is 3.38. The molecular formula is C25H30N4O2. The number of nitrogens with zero attached hydrogens (tertiary/aromatic N) is 3. The molecule has 31 heavy (non-hydrogen) atoms. The molecule has 2 aromatic carbocycles. The van der Waals surface area contributed by atoms with Gasteiger partial charge in [-0.05, 0) is 69.3 Å². The zero-order chi connectivity index (χ0) is 21.5.